The SMILES string of the molecule is CCCCNc1ncc(C(=O)O)cc1Br. The monoisotopic (exact) mass is 272 g/mol. The first kappa shape index (κ1) is 12.0. The second-order valence-electron chi connectivity index (χ2n) is 3.14. The number of hydrogen-bond acceptors (Lipinski definition) is 3. The maximum atomic E-state index is 10.6. The number of anilines is 1. The van der Waals surface area contributed by atoms with Gasteiger partial charge in [-0.15, -0.1) is 0 Å². The minimum Gasteiger partial charge on any atom is -0.478 e. The molecule has 0 saturated carbocycles. The lowest BCUT2D eigenvalue weighted by molar-refractivity contribution is 0.0696. The van der Waals surface area contributed by atoms with Gasteiger partial charge in [0, 0.05) is 12.7 Å². The van der Waals surface area contributed by atoms with Gasteiger partial charge in [0.1, 0.15) is 5.82 Å². The molecule has 1 rings (SSSR count). The Hall–Kier alpha value is -1.10. The fourth-order valence-electron chi connectivity index (χ4n) is 1.07. The normalized spacial score (nSPS) is 10.0. The average molecular weight is 273 g/mol. The van der Waals surface area contributed by atoms with Crippen molar-refractivity contribution in [3.8, 4) is 0 Å². The maximum absolute atomic E-state index is 10.6. The standard InChI is InChI=1S/C10H13BrN2O2/c1-2-3-4-12-9-8(11)5-7(6-13-9)10(14)15/h5-6H,2-4H2,1H3,(H,12,13)(H,14,15). The number of unbranched alkanes of at least 4 members (excludes halogenated alkanes) is 1. The smallest absolute Gasteiger partial charge is 0.337 e. The van der Waals surface area contributed by atoms with Gasteiger partial charge < -0.3 is 10.4 Å². The molecule has 4 nitrogen and oxygen atoms in total. The van der Waals surface area contributed by atoms with E-state index in [1.165, 1.54) is 6.20 Å². The van der Waals surface area contributed by atoms with E-state index in [4.69, 9.17) is 5.11 Å². The van der Waals surface area contributed by atoms with Crippen LogP contribution in [-0.4, -0.2) is 22.6 Å². The summed E-state index contributed by atoms with van der Waals surface area (Å²) < 4.78 is 0.679. The number of aromatic nitrogens is 1. The van der Waals surface area contributed by atoms with Crippen molar-refractivity contribution >= 4 is 27.7 Å². The topological polar surface area (TPSA) is 62.2 Å². The predicted molar refractivity (Wildman–Crippen MR) is 62.3 cm³/mol. The van der Waals surface area contributed by atoms with Crippen molar-refractivity contribution in [3.63, 3.8) is 0 Å². The van der Waals surface area contributed by atoms with Gasteiger partial charge in [0.15, 0.2) is 0 Å². The lowest BCUT2D eigenvalue weighted by atomic mass is 10.3. The Labute approximate surface area is 96.8 Å². The Kier molecular flexibility index (Phi) is 4.55. The van der Waals surface area contributed by atoms with E-state index >= 15 is 0 Å². The molecule has 0 spiro atoms. The Morgan fingerprint density at radius 1 is 1.67 bits per heavy atom. The second kappa shape index (κ2) is 5.70. The number of nitrogens with zero attached hydrogens (tertiary/aromatic N) is 1. The molecule has 0 aliphatic rings. The van der Waals surface area contributed by atoms with E-state index in [9.17, 15) is 4.79 Å². The van der Waals surface area contributed by atoms with Gasteiger partial charge in [0.05, 0.1) is 10.0 Å². The molecule has 82 valence electrons. The summed E-state index contributed by atoms with van der Waals surface area (Å²) in [5, 5.41) is 11.9. The van der Waals surface area contributed by atoms with Crippen LogP contribution >= 0.6 is 15.9 Å². The summed E-state index contributed by atoms with van der Waals surface area (Å²) in [4.78, 5) is 14.7. The Balaban J connectivity index is 2.70. The molecule has 1 aromatic rings. The lowest BCUT2D eigenvalue weighted by Crippen LogP contribution is -2.05. The molecule has 0 fully saturated rings. The highest BCUT2D eigenvalue weighted by Gasteiger charge is 2.07. The van der Waals surface area contributed by atoms with Gasteiger partial charge in [-0.25, -0.2) is 9.78 Å². The zero-order chi connectivity index (χ0) is 11.3. The fraction of sp³-hybridized carbons (Fsp3) is 0.400. The number of carbonyl (C=O) groups is 1. The van der Waals surface area contributed by atoms with Crippen molar-refractivity contribution in [1.29, 1.82) is 0 Å². The summed E-state index contributed by atoms with van der Waals surface area (Å²) >= 11 is 3.28. The van der Waals surface area contributed by atoms with Crippen LogP contribution in [0.25, 0.3) is 0 Å². The number of rotatable bonds is 5. The van der Waals surface area contributed by atoms with E-state index in [2.05, 4.69) is 33.2 Å². The third-order valence-electron chi connectivity index (χ3n) is 1.91. The molecule has 1 heterocycles. The third kappa shape index (κ3) is 3.51. The van der Waals surface area contributed by atoms with Crippen molar-refractivity contribution in [2.45, 2.75) is 19.8 Å². The van der Waals surface area contributed by atoms with Gasteiger partial charge in [0.25, 0.3) is 0 Å². The molecule has 0 aliphatic heterocycles. The number of nitrogens with one attached hydrogen (secondary N) is 1. The van der Waals surface area contributed by atoms with Crippen molar-refractivity contribution in [1.82, 2.24) is 4.98 Å². The Morgan fingerprint density at radius 3 is 2.93 bits per heavy atom. The van der Waals surface area contributed by atoms with Crippen LogP contribution in [0.15, 0.2) is 16.7 Å². The van der Waals surface area contributed by atoms with E-state index < -0.39 is 5.97 Å². The van der Waals surface area contributed by atoms with E-state index in [-0.39, 0.29) is 5.56 Å². The molecule has 15 heavy (non-hydrogen) atoms. The average Bonchev–Trinajstić information content (AvgIpc) is 2.20. The summed E-state index contributed by atoms with van der Waals surface area (Å²) in [7, 11) is 0. The predicted octanol–water partition coefficient (Wildman–Crippen LogP) is 2.75. The van der Waals surface area contributed by atoms with Crippen LogP contribution in [0, 0.1) is 0 Å². The maximum Gasteiger partial charge on any atom is 0.337 e. The van der Waals surface area contributed by atoms with Crippen molar-refractivity contribution in [3.05, 3.63) is 22.3 Å². The van der Waals surface area contributed by atoms with Gasteiger partial charge in [-0.2, -0.15) is 0 Å². The molecule has 1 aromatic heterocycles. The number of aromatic carboxylic acids is 1. The molecule has 0 unspecified atom stereocenters. The summed E-state index contributed by atoms with van der Waals surface area (Å²) in [6, 6.07) is 1.55. The van der Waals surface area contributed by atoms with Crippen LogP contribution in [-0.2, 0) is 0 Å². The minimum atomic E-state index is -0.969. The molecule has 0 radical (unpaired) electrons. The second-order valence-corrected chi connectivity index (χ2v) is 3.99. The van der Waals surface area contributed by atoms with Gasteiger partial charge in [-0.1, -0.05) is 13.3 Å². The molecule has 0 saturated heterocycles. The van der Waals surface area contributed by atoms with Crippen LogP contribution in [0.5, 0.6) is 0 Å². The molecular weight excluding hydrogens is 260 g/mol. The zero-order valence-corrected chi connectivity index (χ0v) is 10.0. The van der Waals surface area contributed by atoms with Gasteiger partial charge >= 0.3 is 5.97 Å². The summed E-state index contributed by atoms with van der Waals surface area (Å²) in [5.74, 6) is -0.281. The number of pyridine rings is 1. The largest absolute Gasteiger partial charge is 0.478 e. The molecule has 0 atom stereocenters. The van der Waals surface area contributed by atoms with Crippen molar-refractivity contribution < 1.29 is 9.90 Å². The highest BCUT2D eigenvalue weighted by atomic mass is 79.9. The number of hydrogen-bond donors (Lipinski definition) is 2. The minimum absolute atomic E-state index is 0.183. The highest BCUT2D eigenvalue weighted by Crippen LogP contribution is 2.20. The van der Waals surface area contributed by atoms with Crippen LogP contribution in [0.4, 0.5) is 5.82 Å². The van der Waals surface area contributed by atoms with Gasteiger partial charge in [-0.3, -0.25) is 0 Å². The molecular formula is C10H13BrN2O2. The van der Waals surface area contributed by atoms with Gasteiger partial charge in [-0.05, 0) is 28.4 Å². The molecule has 0 bridgehead atoms. The Bertz CT molecular complexity index is 355. The zero-order valence-electron chi connectivity index (χ0n) is 8.46. The molecule has 5 heteroatoms. The lowest BCUT2D eigenvalue weighted by Gasteiger charge is -2.06. The van der Waals surface area contributed by atoms with E-state index in [1.807, 2.05) is 0 Å². The first-order chi connectivity index (χ1) is 7.15. The van der Waals surface area contributed by atoms with Crippen molar-refractivity contribution in [2.75, 3.05) is 11.9 Å². The molecule has 0 aliphatic carbocycles. The van der Waals surface area contributed by atoms with Crippen LogP contribution in [0.2, 0.25) is 0 Å². The number of halogens is 1. The van der Waals surface area contributed by atoms with E-state index in [0.717, 1.165) is 19.4 Å². The van der Waals surface area contributed by atoms with E-state index in [0.29, 0.717) is 10.3 Å². The molecule has 0 aromatic carbocycles. The van der Waals surface area contributed by atoms with Crippen LogP contribution in [0.3, 0.4) is 0 Å². The van der Waals surface area contributed by atoms with Crippen LogP contribution < -0.4 is 5.32 Å². The number of carboxylic acids is 1. The summed E-state index contributed by atoms with van der Waals surface area (Å²) in [6.07, 6.45) is 3.52. The first-order valence-corrected chi connectivity index (χ1v) is 5.57. The summed E-state index contributed by atoms with van der Waals surface area (Å²) in [5.41, 5.74) is 0.183. The van der Waals surface area contributed by atoms with E-state index in [1.54, 1.807) is 6.07 Å². The quantitative estimate of drug-likeness (QED) is 0.810. The fourth-order valence-corrected chi connectivity index (χ4v) is 1.56. The number of carboxylic acid groups (broad SMARTS) is 1. The van der Waals surface area contributed by atoms with Gasteiger partial charge in [0.2, 0.25) is 0 Å². The first-order valence-electron chi connectivity index (χ1n) is 4.78. The van der Waals surface area contributed by atoms with Crippen molar-refractivity contribution in [2.24, 2.45) is 0 Å². The molecule has 0 amide bonds. The van der Waals surface area contributed by atoms with Crippen LogP contribution in [0.1, 0.15) is 30.1 Å². The molecule has 2 N–H and O–H groups in total. The third-order valence-corrected chi connectivity index (χ3v) is 2.52. The Morgan fingerprint density at radius 2 is 2.40 bits per heavy atom. The summed E-state index contributed by atoms with van der Waals surface area (Å²) in [6.45, 7) is 2.95. The highest BCUT2D eigenvalue weighted by molar-refractivity contribution is 9.10.